The van der Waals surface area contributed by atoms with Crippen LogP contribution in [0.5, 0.6) is 5.75 Å². The Morgan fingerprint density at radius 3 is 2.12 bits per heavy atom. The van der Waals surface area contributed by atoms with E-state index in [1.807, 2.05) is 0 Å². The van der Waals surface area contributed by atoms with Crippen molar-refractivity contribution in [1.82, 2.24) is 9.62 Å². The number of nitrogens with one attached hydrogen (secondary N) is 1. The molecule has 0 unspecified atom stereocenters. The monoisotopic (exact) mass is 588 g/mol. The number of ether oxygens (including phenoxy) is 1. The van der Waals surface area contributed by atoms with Gasteiger partial charge in [-0.3, -0.25) is 19.2 Å². The van der Waals surface area contributed by atoms with Crippen molar-refractivity contribution in [2.75, 3.05) is 37.1 Å². The first-order chi connectivity index (χ1) is 19.1. The van der Waals surface area contributed by atoms with Gasteiger partial charge in [-0.2, -0.15) is 4.31 Å². The van der Waals surface area contributed by atoms with E-state index in [2.05, 4.69) is 5.32 Å². The second kappa shape index (κ2) is 12.4. The molecule has 0 spiro atoms. The topological polar surface area (TPSA) is 156 Å². The van der Waals surface area contributed by atoms with Crippen LogP contribution in [0.3, 0.4) is 0 Å². The lowest BCUT2D eigenvalue weighted by Gasteiger charge is -2.24. The predicted molar refractivity (Wildman–Crippen MR) is 147 cm³/mol. The molecule has 3 aromatic rings. The highest BCUT2D eigenvalue weighted by molar-refractivity contribution is 7.92. The Hall–Kier alpha value is -4.01. The molecule has 14 heteroatoms. The molecular formula is C26H28N4O8S2. The number of nitro groups is 1. The van der Waals surface area contributed by atoms with Crippen molar-refractivity contribution in [3.63, 3.8) is 0 Å². The molecule has 1 heterocycles. The smallest absolute Gasteiger partial charge is 0.269 e. The van der Waals surface area contributed by atoms with Gasteiger partial charge in [-0.25, -0.2) is 16.8 Å². The van der Waals surface area contributed by atoms with E-state index in [0.29, 0.717) is 18.8 Å². The molecule has 212 valence electrons. The summed E-state index contributed by atoms with van der Waals surface area (Å²) < 4.78 is 59.9. The van der Waals surface area contributed by atoms with Crippen LogP contribution in [0.2, 0.25) is 0 Å². The van der Waals surface area contributed by atoms with Crippen LogP contribution in [-0.4, -0.2) is 64.8 Å². The number of carbonyl (C=O) groups excluding carboxylic acids is 1. The third-order valence-corrected chi connectivity index (χ3v) is 9.89. The van der Waals surface area contributed by atoms with Gasteiger partial charge in [0, 0.05) is 25.2 Å². The van der Waals surface area contributed by atoms with E-state index >= 15 is 0 Å². The van der Waals surface area contributed by atoms with Crippen LogP contribution in [0.15, 0.2) is 88.7 Å². The number of rotatable bonds is 12. The van der Waals surface area contributed by atoms with Crippen LogP contribution in [-0.2, 0) is 24.8 Å². The van der Waals surface area contributed by atoms with Gasteiger partial charge in [0.15, 0.2) is 0 Å². The van der Waals surface area contributed by atoms with Crippen molar-refractivity contribution in [2.24, 2.45) is 0 Å². The van der Waals surface area contributed by atoms with E-state index < -0.39 is 37.4 Å². The van der Waals surface area contributed by atoms with Gasteiger partial charge < -0.3 is 10.1 Å². The molecule has 0 aliphatic carbocycles. The molecule has 1 N–H and O–H groups in total. The van der Waals surface area contributed by atoms with Crippen LogP contribution >= 0.6 is 0 Å². The van der Waals surface area contributed by atoms with Gasteiger partial charge in [-0.1, -0.05) is 18.2 Å². The molecule has 40 heavy (non-hydrogen) atoms. The summed E-state index contributed by atoms with van der Waals surface area (Å²) in [6.45, 7) is 0.542. The van der Waals surface area contributed by atoms with Gasteiger partial charge in [-0.15, -0.1) is 0 Å². The molecule has 0 bridgehead atoms. The number of hydrogen-bond acceptors (Lipinski definition) is 8. The van der Waals surface area contributed by atoms with Gasteiger partial charge in [0.05, 0.1) is 26.9 Å². The highest BCUT2D eigenvalue weighted by Crippen LogP contribution is 2.26. The minimum atomic E-state index is -4.16. The van der Waals surface area contributed by atoms with Crippen molar-refractivity contribution in [3.05, 3.63) is 89.0 Å². The van der Waals surface area contributed by atoms with E-state index in [0.717, 1.165) is 29.3 Å². The van der Waals surface area contributed by atoms with E-state index in [9.17, 15) is 31.7 Å². The molecular weight excluding hydrogens is 560 g/mol. The number of hydrogen-bond donors (Lipinski definition) is 1. The van der Waals surface area contributed by atoms with Crippen LogP contribution in [0.1, 0.15) is 12.8 Å². The van der Waals surface area contributed by atoms with Crippen LogP contribution < -0.4 is 14.4 Å². The Bertz CT molecular complexity index is 1540. The van der Waals surface area contributed by atoms with E-state index in [1.165, 1.54) is 52.8 Å². The molecule has 12 nitrogen and oxygen atoms in total. The number of benzene rings is 3. The number of nitro benzene ring substituents is 1. The molecule has 0 radical (unpaired) electrons. The third-order valence-electron chi connectivity index (χ3n) is 6.19. The Morgan fingerprint density at radius 2 is 1.52 bits per heavy atom. The summed E-state index contributed by atoms with van der Waals surface area (Å²) in [6.07, 6.45) is 1.69. The second-order valence-corrected chi connectivity index (χ2v) is 12.7. The molecule has 1 aliphatic heterocycles. The summed E-state index contributed by atoms with van der Waals surface area (Å²) in [7, 11) is -7.69. The number of amides is 1. The number of carbonyl (C=O) groups is 1. The Balaban J connectivity index is 1.37. The summed E-state index contributed by atoms with van der Waals surface area (Å²) >= 11 is 0. The lowest BCUT2D eigenvalue weighted by molar-refractivity contribution is -0.384. The zero-order valence-corrected chi connectivity index (χ0v) is 23.0. The molecule has 4 rings (SSSR count). The summed E-state index contributed by atoms with van der Waals surface area (Å²) in [5.41, 5.74) is -0.131. The third kappa shape index (κ3) is 6.76. The molecule has 1 saturated heterocycles. The quantitative estimate of drug-likeness (QED) is 0.192. The van der Waals surface area contributed by atoms with Gasteiger partial charge in [0.25, 0.3) is 15.7 Å². The molecule has 1 amide bonds. The minimum absolute atomic E-state index is 0.0420. The summed E-state index contributed by atoms with van der Waals surface area (Å²) in [5.74, 6) is -0.206. The number of non-ortho nitro benzene ring substituents is 1. The summed E-state index contributed by atoms with van der Waals surface area (Å²) in [5, 5.41) is 13.6. The van der Waals surface area contributed by atoms with Gasteiger partial charge in [0.1, 0.15) is 18.9 Å². The maximum Gasteiger partial charge on any atom is 0.269 e. The standard InChI is InChI=1S/C26H28N4O8S2/c31-26(27-16-19-38-23-12-14-25(15-13-23)39(34,35)28-17-4-5-18-28)20-29(21-8-10-22(11-9-21)30(32)33)40(36,37)24-6-2-1-3-7-24/h1-3,6-15H,4-5,16-20H2,(H,27,31). The zero-order valence-electron chi connectivity index (χ0n) is 21.4. The molecule has 0 atom stereocenters. The lowest BCUT2D eigenvalue weighted by atomic mass is 10.3. The first-order valence-corrected chi connectivity index (χ1v) is 15.3. The van der Waals surface area contributed by atoms with Crippen molar-refractivity contribution in [1.29, 1.82) is 0 Å². The van der Waals surface area contributed by atoms with Crippen LogP contribution in [0.25, 0.3) is 0 Å². The van der Waals surface area contributed by atoms with Crippen molar-refractivity contribution in [3.8, 4) is 5.75 Å². The first-order valence-electron chi connectivity index (χ1n) is 12.4. The zero-order chi connectivity index (χ0) is 28.8. The highest BCUT2D eigenvalue weighted by Gasteiger charge is 2.28. The SMILES string of the molecule is O=C(CN(c1ccc([N+](=O)[O-])cc1)S(=O)(=O)c1ccccc1)NCCOc1ccc(S(=O)(=O)N2CCCC2)cc1. The van der Waals surface area contributed by atoms with Gasteiger partial charge in [0.2, 0.25) is 15.9 Å². The molecule has 0 aromatic heterocycles. The number of anilines is 1. The maximum absolute atomic E-state index is 13.3. The van der Waals surface area contributed by atoms with E-state index in [1.54, 1.807) is 18.2 Å². The van der Waals surface area contributed by atoms with Gasteiger partial charge in [-0.05, 0) is 61.4 Å². The average molecular weight is 589 g/mol. The highest BCUT2D eigenvalue weighted by atomic mass is 32.2. The number of sulfonamides is 2. The van der Waals surface area contributed by atoms with Crippen LogP contribution in [0.4, 0.5) is 11.4 Å². The largest absolute Gasteiger partial charge is 0.492 e. The molecule has 1 aliphatic rings. The predicted octanol–water partition coefficient (Wildman–Crippen LogP) is 2.77. The fourth-order valence-electron chi connectivity index (χ4n) is 4.11. The second-order valence-electron chi connectivity index (χ2n) is 8.88. The van der Waals surface area contributed by atoms with Crippen molar-refractivity contribution in [2.45, 2.75) is 22.6 Å². The van der Waals surface area contributed by atoms with E-state index in [4.69, 9.17) is 4.74 Å². The van der Waals surface area contributed by atoms with Gasteiger partial charge >= 0.3 is 0 Å². The lowest BCUT2D eigenvalue weighted by Crippen LogP contribution is -2.41. The molecule has 1 fully saturated rings. The first kappa shape index (κ1) is 29.0. The number of nitrogens with zero attached hydrogens (tertiary/aromatic N) is 3. The van der Waals surface area contributed by atoms with Crippen molar-refractivity contribution >= 4 is 37.3 Å². The molecule has 0 saturated carbocycles. The molecule has 3 aromatic carbocycles. The van der Waals surface area contributed by atoms with Crippen molar-refractivity contribution < 1.29 is 31.3 Å². The summed E-state index contributed by atoms with van der Waals surface area (Å²) in [6, 6.07) is 18.4. The van der Waals surface area contributed by atoms with Crippen LogP contribution in [0, 0.1) is 10.1 Å². The fourth-order valence-corrected chi connectivity index (χ4v) is 7.07. The Labute approximate surface area is 232 Å². The average Bonchev–Trinajstić information content (AvgIpc) is 3.51. The normalized spacial score (nSPS) is 14.0. The minimum Gasteiger partial charge on any atom is -0.492 e. The Kier molecular flexibility index (Phi) is 9.02. The summed E-state index contributed by atoms with van der Waals surface area (Å²) in [4.78, 5) is 23.3. The fraction of sp³-hybridized carbons (Fsp3) is 0.269. The van der Waals surface area contributed by atoms with E-state index in [-0.39, 0.29) is 34.3 Å². The maximum atomic E-state index is 13.3. The Morgan fingerprint density at radius 1 is 0.900 bits per heavy atom.